The molecule has 0 aliphatic carbocycles. The summed E-state index contributed by atoms with van der Waals surface area (Å²) in [7, 11) is 0. The van der Waals surface area contributed by atoms with Gasteiger partial charge in [0.25, 0.3) is 5.69 Å². The van der Waals surface area contributed by atoms with Gasteiger partial charge in [0.1, 0.15) is 0 Å². The van der Waals surface area contributed by atoms with Crippen LogP contribution in [-0.4, -0.2) is 57.8 Å². The molecule has 2 aromatic rings. The molecule has 0 saturated carbocycles. The van der Waals surface area contributed by atoms with Crippen molar-refractivity contribution in [3.05, 3.63) is 74.3 Å². The minimum atomic E-state index is -5.08. The van der Waals surface area contributed by atoms with Gasteiger partial charge in [0.05, 0.1) is 23.0 Å². The Balaban J connectivity index is 0.000000479. The number of carbonyl (C=O) groups is 2. The van der Waals surface area contributed by atoms with Crippen LogP contribution in [0.2, 0.25) is 5.02 Å². The first-order valence-corrected chi connectivity index (χ1v) is 11.6. The van der Waals surface area contributed by atoms with E-state index in [0.29, 0.717) is 23.7 Å². The maximum atomic E-state index is 11.9. The van der Waals surface area contributed by atoms with Gasteiger partial charge in [-0.05, 0) is 42.0 Å². The molecule has 4 rings (SSSR count). The summed E-state index contributed by atoms with van der Waals surface area (Å²) in [4.78, 5) is 33.5. The van der Waals surface area contributed by atoms with Crippen molar-refractivity contribution in [2.45, 2.75) is 37.6 Å². The molecule has 9 nitrogen and oxygen atoms in total. The molecule has 2 aliphatic rings. The van der Waals surface area contributed by atoms with Crippen LogP contribution in [0.4, 0.5) is 18.9 Å². The molecule has 2 N–H and O–H groups in total. The lowest BCUT2D eigenvalue weighted by molar-refractivity contribution is -0.384. The highest BCUT2D eigenvalue weighted by molar-refractivity contribution is 6.31. The zero-order valence-electron chi connectivity index (χ0n) is 19.4. The smallest absolute Gasteiger partial charge is 0.481 e. The largest absolute Gasteiger partial charge is 0.490 e. The van der Waals surface area contributed by atoms with Crippen molar-refractivity contribution in [3.63, 3.8) is 0 Å². The third-order valence-electron chi connectivity index (χ3n) is 6.45. The number of alkyl halides is 3. The Hall–Kier alpha value is -3.22. The molecule has 1 unspecified atom stereocenters. The van der Waals surface area contributed by atoms with E-state index in [1.165, 1.54) is 29.3 Å². The summed E-state index contributed by atoms with van der Waals surface area (Å²) in [5.41, 5.74) is 2.61. The molecule has 0 radical (unpaired) electrons. The molecule has 200 valence electrons. The molecule has 1 saturated heterocycles. The maximum Gasteiger partial charge on any atom is 0.490 e. The number of hydrogen-bond acceptors (Lipinski definition) is 6. The molecule has 0 bridgehead atoms. The number of rotatable bonds is 6. The lowest BCUT2D eigenvalue weighted by Crippen LogP contribution is -2.45. The molecule has 2 aliphatic heterocycles. The number of halogens is 4. The number of nitrogens with zero attached hydrogens (tertiary/aromatic N) is 2. The molecule has 37 heavy (non-hydrogen) atoms. The van der Waals surface area contributed by atoms with E-state index in [2.05, 4.69) is 17.0 Å². The van der Waals surface area contributed by atoms with Crippen molar-refractivity contribution in [1.29, 1.82) is 0 Å². The summed E-state index contributed by atoms with van der Waals surface area (Å²) in [5, 5.41) is 28.3. The minimum Gasteiger partial charge on any atom is -0.481 e. The topological polar surface area (TPSA) is 130 Å². The zero-order valence-corrected chi connectivity index (χ0v) is 20.2. The van der Waals surface area contributed by atoms with E-state index in [4.69, 9.17) is 26.2 Å². The van der Waals surface area contributed by atoms with Crippen LogP contribution in [0.15, 0.2) is 42.5 Å². The fourth-order valence-corrected chi connectivity index (χ4v) is 4.73. The van der Waals surface area contributed by atoms with Gasteiger partial charge in [-0.1, -0.05) is 35.9 Å². The van der Waals surface area contributed by atoms with Crippen LogP contribution < -0.4 is 0 Å². The monoisotopic (exact) mass is 544 g/mol. The molecule has 2 heterocycles. The Morgan fingerprint density at radius 3 is 2.35 bits per heavy atom. The number of likely N-dealkylation sites (tertiary alicyclic amines) is 1. The van der Waals surface area contributed by atoms with Crippen molar-refractivity contribution in [2.24, 2.45) is 5.92 Å². The highest BCUT2D eigenvalue weighted by Gasteiger charge is 2.43. The fraction of sp³-hybridized carbons (Fsp3) is 0.417. The number of carboxylic acids is 2. The van der Waals surface area contributed by atoms with E-state index in [0.717, 1.165) is 25.9 Å². The van der Waals surface area contributed by atoms with Gasteiger partial charge in [-0.2, -0.15) is 13.2 Å². The zero-order chi connectivity index (χ0) is 27.4. The fourth-order valence-electron chi connectivity index (χ4n) is 4.53. The quantitative estimate of drug-likeness (QED) is 0.397. The normalized spacial score (nSPS) is 17.4. The number of nitro groups is 1. The maximum absolute atomic E-state index is 11.9. The SMILES string of the molecule is O=C(O)C(Cc1cc([N+](=O)[O-])ccc1Cl)CN1CCC2(CC1)OCc1ccccc12.O=C(O)C(F)(F)F. The molecule has 1 spiro atoms. The van der Waals surface area contributed by atoms with E-state index in [1.54, 1.807) is 0 Å². The predicted molar refractivity (Wildman–Crippen MR) is 125 cm³/mol. The number of non-ortho nitro benzene ring substituents is 1. The molecule has 1 fully saturated rings. The second kappa shape index (κ2) is 11.4. The number of piperidine rings is 1. The highest BCUT2D eigenvalue weighted by atomic mass is 35.5. The molecule has 1 atom stereocenters. The first-order chi connectivity index (χ1) is 17.3. The van der Waals surface area contributed by atoms with Gasteiger partial charge in [-0.3, -0.25) is 14.9 Å². The third kappa shape index (κ3) is 6.96. The van der Waals surface area contributed by atoms with E-state index in [1.807, 2.05) is 12.1 Å². The molecule has 2 aromatic carbocycles. The lowest BCUT2D eigenvalue weighted by Gasteiger charge is -2.40. The minimum absolute atomic E-state index is 0.0875. The molecule has 0 amide bonds. The average molecular weight is 545 g/mol. The van der Waals surface area contributed by atoms with E-state index >= 15 is 0 Å². The van der Waals surface area contributed by atoms with E-state index < -0.39 is 29.0 Å². The Labute approximate surface area is 214 Å². The van der Waals surface area contributed by atoms with Crippen molar-refractivity contribution >= 4 is 29.2 Å². The number of carboxylic acid groups (broad SMARTS) is 2. The summed E-state index contributed by atoms with van der Waals surface area (Å²) in [6.07, 6.45) is -3.31. The molecular weight excluding hydrogens is 521 g/mol. The Bertz CT molecular complexity index is 1170. The summed E-state index contributed by atoms with van der Waals surface area (Å²) in [5.74, 6) is -4.39. The second-order valence-electron chi connectivity index (χ2n) is 8.82. The van der Waals surface area contributed by atoms with Gasteiger partial charge in [0.15, 0.2) is 0 Å². The number of benzene rings is 2. The number of hydrogen-bond donors (Lipinski definition) is 2. The van der Waals surface area contributed by atoms with Crippen molar-refractivity contribution in [2.75, 3.05) is 19.6 Å². The summed E-state index contributed by atoms with van der Waals surface area (Å²) < 4.78 is 37.9. The van der Waals surface area contributed by atoms with E-state index in [-0.39, 0.29) is 17.7 Å². The number of nitro benzene ring substituents is 1. The summed E-state index contributed by atoms with van der Waals surface area (Å²) in [6.45, 7) is 2.47. The Kier molecular flexibility index (Phi) is 8.77. The molecule has 13 heteroatoms. The van der Waals surface area contributed by atoms with Crippen LogP contribution in [0.5, 0.6) is 0 Å². The van der Waals surface area contributed by atoms with Gasteiger partial charge in [-0.15, -0.1) is 0 Å². The van der Waals surface area contributed by atoms with Gasteiger partial charge < -0.3 is 19.8 Å². The average Bonchev–Trinajstić information content (AvgIpc) is 3.19. The van der Waals surface area contributed by atoms with Crippen LogP contribution >= 0.6 is 11.6 Å². The number of aliphatic carboxylic acids is 2. The first kappa shape index (κ1) is 28.4. The Morgan fingerprint density at radius 1 is 1.16 bits per heavy atom. The second-order valence-corrected chi connectivity index (χ2v) is 9.22. The van der Waals surface area contributed by atoms with Gasteiger partial charge in [0.2, 0.25) is 0 Å². The predicted octanol–water partition coefficient (Wildman–Crippen LogP) is 4.65. The number of fused-ring (bicyclic) bond motifs is 2. The van der Waals surface area contributed by atoms with Crippen molar-refractivity contribution < 1.29 is 42.6 Å². The van der Waals surface area contributed by atoms with Crippen LogP contribution in [0.3, 0.4) is 0 Å². The van der Waals surface area contributed by atoms with Gasteiger partial charge in [-0.25, -0.2) is 4.79 Å². The molecular formula is C24H24ClF3N2O7. The number of ether oxygens (including phenoxy) is 1. The van der Waals surface area contributed by atoms with Crippen LogP contribution in [0, 0.1) is 16.0 Å². The summed E-state index contributed by atoms with van der Waals surface area (Å²) in [6, 6.07) is 12.4. The summed E-state index contributed by atoms with van der Waals surface area (Å²) >= 11 is 6.18. The van der Waals surface area contributed by atoms with Crippen LogP contribution in [-0.2, 0) is 33.0 Å². The van der Waals surface area contributed by atoms with Gasteiger partial charge >= 0.3 is 18.1 Å². The third-order valence-corrected chi connectivity index (χ3v) is 6.82. The van der Waals surface area contributed by atoms with Crippen LogP contribution in [0.1, 0.15) is 29.5 Å². The van der Waals surface area contributed by atoms with E-state index in [9.17, 15) is 33.2 Å². The van der Waals surface area contributed by atoms with Crippen molar-refractivity contribution in [3.8, 4) is 0 Å². The Morgan fingerprint density at radius 2 is 1.78 bits per heavy atom. The molecule has 0 aromatic heterocycles. The highest BCUT2D eigenvalue weighted by Crippen LogP contribution is 2.44. The first-order valence-electron chi connectivity index (χ1n) is 11.2. The standard InChI is InChI=1S/C22H23ClN2O5.C2HF3O2/c23-20-6-5-18(25(28)29)12-16(20)11-17(21(26)27)13-24-9-7-22(8-10-24)19-4-2-1-3-15(19)14-30-22;3-2(4,5)1(6)7/h1-6,12,17H,7-11,13-14H2,(H,26,27);(H,6,7). The van der Waals surface area contributed by atoms with Crippen molar-refractivity contribution in [1.82, 2.24) is 4.90 Å². The van der Waals surface area contributed by atoms with Crippen LogP contribution in [0.25, 0.3) is 0 Å². The van der Waals surface area contributed by atoms with Gasteiger partial charge in [0, 0.05) is 36.8 Å². The lowest BCUT2D eigenvalue weighted by atomic mass is 9.83.